The topological polar surface area (TPSA) is 135 Å². The summed E-state index contributed by atoms with van der Waals surface area (Å²) in [6, 6.07) is 9.32. The molecule has 160 valence electrons. The van der Waals surface area contributed by atoms with Crippen molar-refractivity contribution in [3.8, 4) is 5.75 Å². The van der Waals surface area contributed by atoms with Gasteiger partial charge in [0, 0.05) is 0 Å². The highest BCUT2D eigenvalue weighted by Gasteiger charge is 2.44. The molecule has 1 fully saturated rings. The predicted molar refractivity (Wildman–Crippen MR) is 108 cm³/mol. The summed E-state index contributed by atoms with van der Waals surface area (Å²) in [6.07, 6.45) is -2.95. The molecule has 0 aliphatic carbocycles. The van der Waals surface area contributed by atoms with Crippen LogP contribution in [0.25, 0.3) is 11.2 Å². The van der Waals surface area contributed by atoms with E-state index in [9.17, 15) is 15.3 Å². The molecule has 0 saturated carbocycles. The van der Waals surface area contributed by atoms with Crippen molar-refractivity contribution < 1.29 is 24.8 Å². The van der Waals surface area contributed by atoms with E-state index in [1.807, 2.05) is 37.3 Å². The van der Waals surface area contributed by atoms with E-state index in [4.69, 9.17) is 21.1 Å². The second-order valence-electron chi connectivity index (χ2n) is 7.06. The number of imidazole rings is 1. The molecule has 3 heterocycles. The molecule has 0 bridgehead atoms. The zero-order valence-electron chi connectivity index (χ0n) is 16.1. The van der Waals surface area contributed by atoms with Crippen LogP contribution in [0.1, 0.15) is 13.2 Å². The van der Waals surface area contributed by atoms with Gasteiger partial charge in [0.05, 0.1) is 19.0 Å². The van der Waals surface area contributed by atoms with Crippen molar-refractivity contribution in [1.29, 1.82) is 0 Å². The minimum atomic E-state index is -1.26. The zero-order chi connectivity index (χ0) is 21.3. The number of ether oxygens (including phenoxy) is 2. The van der Waals surface area contributed by atoms with Gasteiger partial charge < -0.3 is 30.1 Å². The van der Waals surface area contributed by atoms with Gasteiger partial charge in [-0.2, -0.15) is 9.97 Å². The number of fused-ring (bicyclic) bond motifs is 1. The molecule has 10 nitrogen and oxygen atoms in total. The summed E-state index contributed by atoms with van der Waals surface area (Å²) in [7, 11) is 0. The van der Waals surface area contributed by atoms with Crippen LogP contribution < -0.4 is 10.1 Å². The van der Waals surface area contributed by atoms with Gasteiger partial charge in [-0.3, -0.25) is 4.57 Å². The molecule has 0 radical (unpaired) electrons. The zero-order valence-corrected chi connectivity index (χ0v) is 16.8. The molecule has 11 heteroatoms. The Hall–Kier alpha value is -2.50. The molecule has 0 amide bonds. The fourth-order valence-corrected chi connectivity index (χ4v) is 3.46. The molecule has 0 unspecified atom stereocenters. The Labute approximate surface area is 177 Å². The summed E-state index contributed by atoms with van der Waals surface area (Å²) >= 11 is 6.11. The van der Waals surface area contributed by atoms with Gasteiger partial charge in [0.25, 0.3) is 0 Å². The van der Waals surface area contributed by atoms with Gasteiger partial charge in [-0.1, -0.05) is 18.2 Å². The lowest BCUT2D eigenvalue weighted by Crippen LogP contribution is -2.33. The fourth-order valence-electron chi connectivity index (χ4n) is 3.30. The van der Waals surface area contributed by atoms with E-state index in [1.54, 1.807) is 0 Å². The normalized spacial score (nSPS) is 24.8. The van der Waals surface area contributed by atoms with Crippen LogP contribution in [0.15, 0.2) is 36.7 Å². The number of rotatable bonds is 7. The Kier molecular flexibility index (Phi) is 6.02. The largest absolute Gasteiger partial charge is 0.491 e. The van der Waals surface area contributed by atoms with Crippen LogP contribution in [0, 0.1) is 0 Å². The van der Waals surface area contributed by atoms with Crippen LogP contribution in [0.5, 0.6) is 5.75 Å². The van der Waals surface area contributed by atoms with E-state index in [0.717, 1.165) is 5.75 Å². The molecule has 1 aliphatic heterocycles. The smallest absolute Gasteiger partial charge is 0.226 e. The first-order chi connectivity index (χ1) is 14.5. The number of halogens is 1. The molecule has 5 atom stereocenters. The van der Waals surface area contributed by atoms with Crippen LogP contribution in [0.4, 0.5) is 5.82 Å². The third-order valence-electron chi connectivity index (χ3n) is 4.81. The van der Waals surface area contributed by atoms with Crippen LogP contribution in [0.3, 0.4) is 0 Å². The molecule has 0 spiro atoms. The second-order valence-corrected chi connectivity index (χ2v) is 7.40. The third-order valence-corrected chi connectivity index (χ3v) is 4.98. The highest BCUT2D eigenvalue weighted by Crippen LogP contribution is 2.32. The van der Waals surface area contributed by atoms with Gasteiger partial charge in [0.2, 0.25) is 5.28 Å². The number of anilines is 1. The molecule has 1 aliphatic rings. The van der Waals surface area contributed by atoms with Crippen molar-refractivity contribution in [1.82, 2.24) is 19.5 Å². The number of para-hydroxylation sites is 1. The van der Waals surface area contributed by atoms with E-state index in [1.165, 1.54) is 10.9 Å². The summed E-state index contributed by atoms with van der Waals surface area (Å²) < 4.78 is 12.8. The number of aliphatic hydroxyl groups excluding tert-OH is 3. The van der Waals surface area contributed by atoms with Crippen molar-refractivity contribution in [3.63, 3.8) is 0 Å². The maximum atomic E-state index is 10.3. The molecular formula is C19H22ClN5O5. The van der Waals surface area contributed by atoms with Gasteiger partial charge in [0.15, 0.2) is 23.2 Å². The van der Waals surface area contributed by atoms with Crippen LogP contribution in [-0.4, -0.2) is 72.4 Å². The number of aliphatic hydroxyl groups is 3. The van der Waals surface area contributed by atoms with Gasteiger partial charge in [-0.05, 0) is 30.7 Å². The van der Waals surface area contributed by atoms with Crippen LogP contribution >= 0.6 is 11.6 Å². The van der Waals surface area contributed by atoms with E-state index in [0.29, 0.717) is 23.6 Å². The number of nitrogens with zero attached hydrogens (tertiary/aromatic N) is 4. The monoisotopic (exact) mass is 435 g/mol. The average Bonchev–Trinajstić information content (AvgIpc) is 3.28. The van der Waals surface area contributed by atoms with E-state index >= 15 is 0 Å². The first-order valence-electron chi connectivity index (χ1n) is 9.45. The Bertz CT molecular complexity index is 1000. The molecular weight excluding hydrogens is 414 g/mol. The Morgan fingerprint density at radius 2 is 2.00 bits per heavy atom. The lowest BCUT2D eigenvalue weighted by Gasteiger charge is -2.18. The number of hydrogen-bond acceptors (Lipinski definition) is 9. The lowest BCUT2D eigenvalue weighted by atomic mass is 10.1. The Morgan fingerprint density at radius 1 is 1.23 bits per heavy atom. The SMILES string of the molecule is C[C@H](COc1ccccc1)Nc1nc(Cl)nc2c1ncn2[C@@H]1O[C@H](CO)[C@@H](O)[C@H]1O. The van der Waals surface area contributed by atoms with Crippen molar-refractivity contribution >= 4 is 28.6 Å². The lowest BCUT2D eigenvalue weighted by molar-refractivity contribution is -0.0511. The van der Waals surface area contributed by atoms with E-state index in [-0.39, 0.29) is 11.3 Å². The van der Waals surface area contributed by atoms with Crippen LogP contribution in [-0.2, 0) is 4.74 Å². The van der Waals surface area contributed by atoms with Gasteiger partial charge in [-0.25, -0.2) is 4.98 Å². The van der Waals surface area contributed by atoms with Gasteiger partial charge >= 0.3 is 0 Å². The number of hydrogen-bond donors (Lipinski definition) is 4. The minimum absolute atomic E-state index is 0.0188. The summed E-state index contributed by atoms with van der Waals surface area (Å²) in [5.41, 5.74) is 0.743. The summed E-state index contributed by atoms with van der Waals surface area (Å²) in [5, 5.41) is 32.8. The van der Waals surface area contributed by atoms with Gasteiger partial charge in [0.1, 0.15) is 30.7 Å². The predicted octanol–water partition coefficient (Wildman–Crippen LogP) is 0.971. The standard InChI is InChI=1S/C19H22ClN5O5/c1-10(8-29-11-5-3-2-4-6-11)22-16-13-17(24-19(20)23-16)25(9-21-13)18-15(28)14(27)12(7-26)30-18/h2-6,9-10,12,14-15,18,26-28H,7-8H2,1H3,(H,22,23,24)/t10-,12-,14-,15-,18-/m1/s1. The van der Waals surface area contributed by atoms with E-state index in [2.05, 4.69) is 20.3 Å². The van der Waals surface area contributed by atoms with Crippen LogP contribution in [0.2, 0.25) is 5.28 Å². The molecule has 4 N–H and O–H groups in total. The van der Waals surface area contributed by atoms with Crippen molar-refractivity contribution in [2.75, 3.05) is 18.5 Å². The van der Waals surface area contributed by atoms with Gasteiger partial charge in [-0.15, -0.1) is 0 Å². The maximum Gasteiger partial charge on any atom is 0.226 e. The van der Waals surface area contributed by atoms with Crippen molar-refractivity contribution in [2.45, 2.75) is 37.5 Å². The second kappa shape index (κ2) is 8.70. The molecule has 1 aromatic carbocycles. The summed E-state index contributed by atoms with van der Waals surface area (Å²) in [4.78, 5) is 12.7. The highest BCUT2D eigenvalue weighted by molar-refractivity contribution is 6.28. The third kappa shape index (κ3) is 4.05. The fraction of sp³-hybridized carbons (Fsp3) is 0.421. The first kappa shape index (κ1) is 20.8. The highest BCUT2D eigenvalue weighted by atomic mass is 35.5. The first-order valence-corrected chi connectivity index (χ1v) is 9.82. The molecule has 3 aromatic rings. The molecule has 4 rings (SSSR count). The molecule has 2 aromatic heterocycles. The minimum Gasteiger partial charge on any atom is -0.491 e. The molecule has 1 saturated heterocycles. The number of benzene rings is 1. The summed E-state index contributed by atoms with van der Waals surface area (Å²) in [6.45, 7) is 1.87. The Morgan fingerprint density at radius 3 is 2.70 bits per heavy atom. The number of nitrogens with one attached hydrogen (secondary N) is 1. The quantitative estimate of drug-likeness (QED) is 0.400. The summed E-state index contributed by atoms with van der Waals surface area (Å²) in [5.74, 6) is 1.16. The van der Waals surface area contributed by atoms with Crippen molar-refractivity contribution in [2.24, 2.45) is 0 Å². The van der Waals surface area contributed by atoms with Crippen molar-refractivity contribution in [3.05, 3.63) is 41.9 Å². The molecule has 30 heavy (non-hydrogen) atoms. The number of aromatic nitrogens is 4. The Balaban J connectivity index is 1.55. The van der Waals surface area contributed by atoms with E-state index < -0.39 is 31.1 Å². The average molecular weight is 436 g/mol. The maximum absolute atomic E-state index is 10.3.